The molecule has 0 aliphatic carbocycles. The predicted molar refractivity (Wildman–Crippen MR) is 129 cm³/mol. The van der Waals surface area contributed by atoms with Crippen LogP contribution in [0.4, 0.5) is 16.6 Å². The van der Waals surface area contributed by atoms with Crippen molar-refractivity contribution in [2.24, 2.45) is 5.92 Å². The third kappa shape index (κ3) is 7.87. The van der Waals surface area contributed by atoms with Crippen molar-refractivity contribution < 1.29 is 22.7 Å². The molecule has 34 heavy (non-hydrogen) atoms. The number of rotatable bonds is 8. The van der Waals surface area contributed by atoms with E-state index in [2.05, 4.69) is 25.3 Å². The molecule has 0 aliphatic heterocycles. The van der Waals surface area contributed by atoms with Crippen molar-refractivity contribution in [1.82, 2.24) is 20.0 Å². The summed E-state index contributed by atoms with van der Waals surface area (Å²) >= 11 is 0. The van der Waals surface area contributed by atoms with E-state index < -0.39 is 33.7 Å². The van der Waals surface area contributed by atoms with E-state index >= 15 is 0 Å². The van der Waals surface area contributed by atoms with Gasteiger partial charge in [-0.15, -0.1) is 0 Å². The summed E-state index contributed by atoms with van der Waals surface area (Å²) in [6, 6.07) is 6.41. The Kier molecular flexibility index (Phi) is 8.43. The van der Waals surface area contributed by atoms with Crippen LogP contribution in [0.15, 0.2) is 35.2 Å². The highest BCUT2D eigenvalue weighted by Gasteiger charge is 2.29. The van der Waals surface area contributed by atoms with Gasteiger partial charge in [0.15, 0.2) is 0 Å². The molecule has 0 aliphatic rings. The number of nitrogen functional groups attached to an aromatic ring is 1. The van der Waals surface area contributed by atoms with E-state index in [0.717, 1.165) is 0 Å². The summed E-state index contributed by atoms with van der Waals surface area (Å²) in [6.45, 7) is 8.76. The van der Waals surface area contributed by atoms with Crippen LogP contribution in [0.2, 0.25) is 0 Å². The average molecular weight is 493 g/mol. The molecule has 2 aromatic rings. The lowest BCUT2D eigenvalue weighted by Gasteiger charge is -2.24. The van der Waals surface area contributed by atoms with Crippen LogP contribution in [-0.2, 0) is 19.6 Å². The summed E-state index contributed by atoms with van der Waals surface area (Å²) in [5.41, 5.74) is 5.83. The maximum Gasteiger partial charge on any atom is 0.408 e. The normalized spacial score (nSPS) is 12.7. The number of carbonyl (C=O) groups is 2. The largest absolute Gasteiger partial charge is 0.444 e. The van der Waals surface area contributed by atoms with E-state index in [1.807, 2.05) is 13.8 Å². The number of carbonyl (C=O) groups excluding carboxylic acids is 2. The lowest BCUT2D eigenvalue weighted by molar-refractivity contribution is -0.121. The number of nitrogens with zero attached hydrogens (tertiary/aromatic N) is 2. The zero-order valence-electron chi connectivity index (χ0n) is 20.2. The molecule has 0 unspecified atom stereocenters. The summed E-state index contributed by atoms with van der Waals surface area (Å²) in [4.78, 5) is 33.0. The number of anilines is 2. The molecule has 1 aromatic carbocycles. The van der Waals surface area contributed by atoms with Gasteiger partial charge in [0.25, 0.3) is 15.9 Å². The van der Waals surface area contributed by atoms with E-state index in [9.17, 15) is 18.0 Å². The number of ether oxygens (including phenoxy) is 1. The number of sulfonamides is 1. The summed E-state index contributed by atoms with van der Waals surface area (Å²) < 4.78 is 33.2. The highest BCUT2D eigenvalue weighted by molar-refractivity contribution is 7.90. The van der Waals surface area contributed by atoms with Crippen LogP contribution in [0, 0.1) is 5.92 Å². The van der Waals surface area contributed by atoms with Crippen LogP contribution in [0.3, 0.4) is 0 Å². The Morgan fingerprint density at radius 3 is 2.41 bits per heavy atom. The second-order valence-electron chi connectivity index (χ2n) is 9.07. The molecule has 2 rings (SSSR count). The number of benzene rings is 1. The minimum atomic E-state index is -4.25. The summed E-state index contributed by atoms with van der Waals surface area (Å²) in [6.07, 6.45) is -0.595. The minimum Gasteiger partial charge on any atom is -0.444 e. The van der Waals surface area contributed by atoms with Crippen molar-refractivity contribution in [2.45, 2.75) is 57.6 Å². The van der Waals surface area contributed by atoms with Crippen LogP contribution >= 0.6 is 0 Å². The Labute approximate surface area is 199 Å². The van der Waals surface area contributed by atoms with Gasteiger partial charge in [0.2, 0.25) is 5.95 Å². The predicted octanol–water partition coefficient (Wildman–Crippen LogP) is 2.51. The number of nitrogens with two attached hydrogens (primary N) is 1. The number of hydrogen-bond donors (Lipinski definition) is 4. The average Bonchev–Trinajstić information content (AvgIpc) is 2.71. The number of amides is 2. The van der Waals surface area contributed by atoms with Crippen LogP contribution in [0.1, 0.15) is 41.0 Å². The van der Waals surface area contributed by atoms with Crippen molar-refractivity contribution in [1.29, 1.82) is 0 Å². The third-order valence-corrected chi connectivity index (χ3v) is 5.73. The molecule has 2 amide bonds. The van der Waals surface area contributed by atoms with Gasteiger partial charge < -0.3 is 21.1 Å². The molecule has 1 aromatic heterocycles. The van der Waals surface area contributed by atoms with Gasteiger partial charge in [0.05, 0.1) is 10.6 Å². The summed E-state index contributed by atoms with van der Waals surface area (Å²) in [7, 11) is -2.58. The van der Waals surface area contributed by atoms with Crippen LogP contribution < -0.4 is 21.1 Å². The first-order valence-corrected chi connectivity index (χ1v) is 12.2. The molecule has 12 heteroatoms. The van der Waals surface area contributed by atoms with Crippen LogP contribution in [0.5, 0.6) is 0 Å². The van der Waals surface area contributed by atoms with E-state index in [4.69, 9.17) is 10.5 Å². The molecule has 1 atom stereocenters. The van der Waals surface area contributed by atoms with E-state index in [0.29, 0.717) is 17.1 Å². The van der Waals surface area contributed by atoms with Crippen molar-refractivity contribution in [3.63, 3.8) is 0 Å². The Bertz CT molecular complexity index is 1140. The van der Waals surface area contributed by atoms with E-state index in [-0.39, 0.29) is 23.2 Å². The van der Waals surface area contributed by atoms with Crippen molar-refractivity contribution in [2.75, 3.05) is 18.1 Å². The quantitative estimate of drug-likeness (QED) is 0.433. The zero-order chi connectivity index (χ0) is 25.7. The van der Waals surface area contributed by atoms with Gasteiger partial charge in [-0.2, -0.15) is 4.98 Å². The van der Waals surface area contributed by atoms with Gasteiger partial charge in [-0.25, -0.2) is 22.9 Å². The second kappa shape index (κ2) is 10.7. The molecule has 0 saturated heterocycles. The van der Waals surface area contributed by atoms with Crippen molar-refractivity contribution in [3.8, 4) is 11.3 Å². The smallest absolute Gasteiger partial charge is 0.408 e. The number of nitrogens with one attached hydrogen (secondary N) is 3. The maximum atomic E-state index is 13.0. The molecule has 0 radical (unpaired) electrons. The topological polar surface area (TPSA) is 165 Å². The molecule has 0 saturated carbocycles. The fourth-order valence-corrected chi connectivity index (χ4v) is 4.04. The van der Waals surface area contributed by atoms with Gasteiger partial charge in [0.1, 0.15) is 17.5 Å². The molecule has 186 valence electrons. The molecule has 1 heterocycles. The second-order valence-corrected chi connectivity index (χ2v) is 10.8. The lowest BCUT2D eigenvalue weighted by atomic mass is 10.0. The highest BCUT2D eigenvalue weighted by atomic mass is 32.2. The third-order valence-electron chi connectivity index (χ3n) is 4.39. The maximum absolute atomic E-state index is 13.0. The Morgan fingerprint density at radius 2 is 1.82 bits per heavy atom. The Balaban J connectivity index is 2.28. The van der Waals surface area contributed by atoms with Gasteiger partial charge in [0, 0.05) is 18.7 Å². The molecule has 0 fully saturated rings. The zero-order valence-corrected chi connectivity index (χ0v) is 21.0. The molecular formula is C22H32N6O5S. The molecule has 0 bridgehead atoms. The van der Waals surface area contributed by atoms with Gasteiger partial charge >= 0.3 is 6.09 Å². The highest BCUT2D eigenvalue weighted by Crippen LogP contribution is 2.23. The number of alkyl carbamates (subject to hydrolysis) is 1. The van der Waals surface area contributed by atoms with Crippen LogP contribution in [0.25, 0.3) is 11.3 Å². The number of aromatic nitrogens is 2. The van der Waals surface area contributed by atoms with Crippen molar-refractivity contribution in [3.05, 3.63) is 30.3 Å². The molecule has 11 nitrogen and oxygen atoms in total. The standard InChI is InChI=1S/C22H32N6O5S/c1-13(2)10-17(26-21(30)33-22(3,4)5)19(29)28-34(31,32)15-9-7-8-14(11-15)16-12-18(24-6)27-20(23)25-16/h7-9,11-13,17H,10H2,1-6H3,(H,26,30)(H,28,29)(H3,23,24,25,27)/t17-/m0/s1. The fraction of sp³-hybridized carbons (Fsp3) is 0.455. The Hall–Kier alpha value is -3.41. The monoisotopic (exact) mass is 492 g/mol. The van der Waals surface area contributed by atoms with Gasteiger partial charge in [-0.3, -0.25) is 4.79 Å². The van der Waals surface area contributed by atoms with Crippen molar-refractivity contribution >= 4 is 33.8 Å². The Morgan fingerprint density at radius 1 is 1.15 bits per heavy atom. The molecule has 5 N–H and O–H groups in total. The SMILES string of the molecule is CNc1cc(-c2cccc(S(=O)(=O)NC(=O)[C@H](CC(C)C)NC(=O)OC(C)(C)C)c2)nc(N)n1. The van der Waals surface area contributed by atoms with Gasteiger partial charge in [-0.1, -0.05) is 26.0 Å². The van der Waals surface area contributed by atoms with E-state index in [1.165, 1.54) is 18.2 Å². The summed E-state index contributed by atoms with van der Waals surface area (Å²) in [5, 5.41) is 5.31. The molecular weight excluding hydrogens is 460 g/mol. The first kappa shape index (κ1) is 26.8. The van der Waals surface area contributed by atoms with E-state index in [1.54, 1.807) is 40.0 Å². The molecule has 0 spiro atoms. The fourth-order valence-electron chi connectivity index (χ4n) is 2.98. The van der Waals surface area contributed by atoms with Crippen LogP contribution in [-0.4, -0.2) is 49.1 Å². The number of hydrogen-bond acceptors (Lipinski definition) is 9. The van der Waals surface area contributed by atoms with Gasteiger partial charge in [-0.05, 0) is 45.2 Å². The lowest BCUT2D eigenvalue weighted by Crippen LogP contribution is -2.50. The first-order chi connectivity index (χ1) is 15.7. The summed E-state index contributed by atoms with van der Waals surface area (Å²) in [5.74, 6) is -0.378. The first-order valence-electron chi connectivity index (χ1n) is 10.7. The minimum absolute atomic E-state index is 0.00122.